The van der Waals surface area contributed by atoms with E-state index in [1.54, 1.807) is 12.4 Å². The molecule has 3 aromatic rings. The van der Waals surface area contributed by atoms with Crippen LogP contribution in [0, 0.1) is 0 Å². The number of hydrogen-bond donors (Lipinski definition) is 0. The van der Waals surface area contributed by atoms with Gasteiger partial charge in [0.25, 0.3) is 0 Å². The molecule has 2 aliphatic heterocycles. The number of hydrogen-bond acceptors (Lipinski definition) is 4. The molecule has 0 unspecified atom stereocenters. The van der Waals surface area contributed by atoms with Crippen LogP contribution in [-0.2, 0) is 0 Å². The average molecular weight is 564 g/mol. The van der Waals surface area contributed by atoms with Gasteiger partial charge in [0, 0.05) is 38.9 Å². The van der Waals surface area contributed by atoms with Gasteiger partial charge in [-0.15, -0.1) is 0 Å². The van der Waals surface area contributed by atoms with Crippen molar-refractivity contribution in [3.05, 3.63) is 91.0 Å². The van der Waals surface area contributed by atoms with Gasteiger partial charge in [-0.25, -0.2) is 5.01 Å². The van der Waals surface area contributed by atoms with Gasteiger partial charge in [-0.1, -0.05) is 44.0 Å². The van der Waals surface area contributed by atoms with Gasteiger partial charge in [-0.3, -0.25) is 4.98 Å². The second-order valence-electron chi connectivity index (χ2n) is 6.71. The molecule has 0 N–H and O–H groups in total. The summed E-state index contributed by atoms with van der Waals surface area (Å²) in [5.41, 5.74) is 4.34. The zero-order chi connectivity index (χ0) is 19.3. The number of pyridine rings is 1. The summed E-state index contributed by atoms with van der Waals surface area (Å²) >= 11 is 10.8. The van der Waals surface area contributed by atoms with Gasteiger partial charge in [-0.2, -0.15) is 5.10 Å². The quantitative estimate of drug-likeness (QED) is 0.352. The maximum absolute atomic E-state index is 6.44. The van der Waals surface area contributed by atoms with Crippen molar-refractivity contribution in [1.29, 1.82) is 0 Å². The van der Waals surface area contributed by atoms with Gasteiger partial charge in [0.05, 0.1) is 16.2 Å². The van der Waals surface area contributed by atoms with E-state index in [1.165, 1.54) is 0 Å². The molecule has 0 spiro atoms. The summed E-state index contributed by atoms with van der Waals surface area (Å²) in [6.07, 6.45) is 4.10. The second kappa shape index (κ2) is 7.28. The molecule has 0 aliphatic carbocycles. The van der Waals surface area contributed by atoms with Crippen molar-refractivity contribution >= 4 is 53.5 Å². The Labute approximate surface area is 188 Å². The van der Waals surface area contributed by atoms with Gasteiger partial charge < -0.3 is 4.74 Å². The number of fused-ring (bicyclic) bond motifs is 3. The Hall–Kier alpha value is -1.70. The normalized spacial score (nSPS) is 20.2. The molecule has 0 saturated carbocycles. The van der Waals surface area contributed by atoms with E-state index < -0.39 is 0 Å². The fourth-order valence-corrected chi connectivity index (χ4v) is 5.30. The highest BCUT2D eigenvalue weighted by atomic mass is 79.9. The van der Waals surface area contributed by atoms with Crippen molar-refractivity contribution in [2.45, 2.75) is 18.7 Å². The number of rotatable bonds is 2. The van der Waals surface area contributed by atoms with Crippen LogP contribution < -0.4 is 4.74 Å². The number of nitrogens with zero attached hydrogens (tertiary/aromatic N) is 3. The van der Waals surface area contributed by atoms with Crippen molar-refractivity contribution in [3.8, 4) is 5.75 Å². The van der Waals surface area contributed by atoms with Crippen molar-refractivity contribution < 1.29 is 4.74 Å². The van der Waals surface area contributed by atoms with E-state index in [-0.39, 0.29) is 12.3 Å². The molecule has 2 aromatic carbocycles. The molecule has 2 aliphatic rings. The lowest BCUT2D eigenvalue weighted by molar-refractivity contribution is -0.0197. The summed E-state index contributed by atoms with van der Waals surface area (Å²) in [6.45, 7) is 0. The smallest absolute Gasteiger partial charge is 0.214 e. The maximum Gasteiger partial charge on any atom is 0.214 e. The highest BCUT2D eigenvalue weighted by Crippen LogP contribution is 2.50. The lowest BCUT2D eigenvalue weighted by Crippen LogP contribution is -2.33. The summed E-state index contributed by atoms with van der Waals surface area (Å²) in [5.74, 6) is 0.874. The topological polar surface area (TPSA) is 37.7 Å². The Bertz CT molecular complexity index is 1070. The summed E-state index contributed by atoms with van der Waals surface area (Å²) in [5, 5.41) is 7.06. The number of benzene rings is 2. The molecule has 0 bridgehead atoms. The first-order chi connectivity index (χ1) is 13.6. The molecule has 0 amide bonds. The van der Waals surface area contributed by atoms with Gasteiger partial charge in [0.15, 0.2) is 0 Å². The Kier molecular flexibility index (Phi) is 4.77. The molecular weight excluding hydrogens is 550 g/mol. The molecule has 5 rings (SSSR count). The number of ether oxygens (including phenoxy) is 1. The molecule has 2 atom stereocenters. The van der Waals surface area contributed by atoms with Crippen molar-refractivity contribution in [1.82, 2.24) is 9.99 Å². The molecule has 0 radical (unpaired) electrons. The SMILES string of the molecule is Brc1ccc(C2=NN3[C@@H](C2)c2cc(Br)cc(Br)c2O[C@H]3c2ccncc2)cc1. The van der Waals surface area contributed by atoms with Crippen LogP contribution in [0.5, 0.6) is 5.75 Å². The van der Waals surface area contributed by atoms with Gasteiger partial charge >= 0.3 is 0 Å². The molecular formula is C21H14Br3N3O. The number of halogens is 3. The summed E-state index contributed by atoms with van der Waals surface area (Å²) in [6, 6.07) is 16.5. The monoisotopic (exact) mass is 561 g/mol. The van der Waals surface area contributed by atoms with Crippen LogP contribution in [0.3, 0.4) is 0 Å². The number of hydrazone groups is 1. The average Bonchev–Trinajstić information content (AvgIpc) is 3.14. The summed E-state index contributed by atoms with van der Waals surface area (Å²) in [7, 11) is 0. The third-order valence-corrected chi connectivity index (χ3v) is 6.55. The van der Waals surface area contributed by atoms with E-state index >= 15 is 0 Å². The Morgan fingerprint density at radius 3 is 2.43 bits per heavy atom. The fraction of sp³-hybridized carbons (Fsp3) is 0.143. The first-order valence-electron chi connectivity index (χ1n) is 8.77. The highest BCUT2D eigenvalue weighted by Gasteiger charge is 2.41. The maximum atomic E-state index is 6.44. The third-order valence-electron chi connectivity index (χ3n) is 4.98. The minimum atomic E-state index is -0.300. The van der Waals surface area contributed by atoms with Gasteiger partial charge in [0.2, 0.25) is 6.23 Å². The first-order valence-corrected chi connectivity index (χ1v) is 11.2. The predicted octanol–water partition coefficient (Wildman–Crippen LogP) is 6.61. The van der Waals surface area contributed by atoms with Crippen LogP contribution in [0.15, 0.2) is 79.4 Å². The van der Waals surface area contributed by atoms with E-state index in [1.807, 2.05) is 30.3 Å². The molecule has 4 nitrogen and oxygen atoms in total. The largest absolute Gasteiger partial charge is 0.463 e. The summed E-state index contributed by atoms with van der Waals surface area (Å²) in [4.78, 5) is 4.14. The molecule has 140 valence electrons. The minimum absolute atomic E-state index is 0.106. The standard InChI is InChI=1S/C21H14Br3N3O/c22-14-3-1-12(2-4-14)18-11-19-16-9-15(23)10-17(24)20(16)28-21(27(19)26-18)13-5-7-25-8-6-13/h1-10,19,21H,11H2/t19-,21-/m0/s1. The zero-order valence-corrected chi connectivity index (χ0v) is 19.3. The third kappa shape index (κ3) is 3.19. The molecule has 7 heteroatoms. The van der Waals surface area contributed by atoms with E-state index in [4.69, 9.17) is 9.84 Å². The predicted molar refractivity (Wildman–Crippen MR) is 119 cm³/mol. The van der Waals surface area contributed by atoms with Crippen LogP contribution in [0.25, 0.3) is 0 Å². The van der Waals surface area contributed by atoms with Crippen LogP contribution in [0.1, 0.15) is 35.4 Å². The van der Waals surface area contributed by atoms with E-state index in [0.717, 1.165) is 48.0 Å². The van der Waals surface area contributed by atoms with E-state index in [2.05, 4.69) is 76.0 Å². The van der Waals surface area contributed by atoms with Gasteiger partial charge in [0.1, 0.15) is 5.75 Å². The lowest BCUT2D eigenvalue weighted by Gasteiger charge is -2.38. The molecule has 28 heavy (non-hydrogen) atoms. The molecule has 0 saturated heterocycles. The van der Waals surface area contributed by atoms with E-state index in [0.29, 0.717) is 0 Å². The van der Waals surface area contributed by atoms with Crippen LogP contribution >= 0.6 is 47.8 Å². The first kappa shape index (κ1) is 18.3. The minimum Gasteiger partial charge on any atom is -0.463 e. The van der Waals surface area contributed by atoms with Crippen LogP contribution in [0.2, 0.25) is 0 Å². The molecule has 0 fully saturated rings. The number of aromatic nitrogens is 1. The van der Waals surface area contributed by atoms with E-state index in [9.17, 15) is 0 Å². The van der Waals surface area contributed by atoms with Crippen LogP contribution in [0.4, 0.5) is 0 Å². The van der Waals surface area contributed by atoms with Gasteiger partial charge in [-0.05, 0) is 57.9 Å². The molecule has 3 heterocycles. The Balaban J connectivity index is 1.63. The molecule has 1 aromatic heterocycles. The fourth-order valence-electron chi connectivity index (χ4n) is 3.68. The summed E-state index contributed by atoms with van der Waals surface area (Å²) < 4.78 is 9.45. The van der Waals surface area contributed by atoms with Crippen molar-refractivity contribution in [2.75, 3.05) is 0 Å². The highest BCUT2D eigenvalue weighted by molar-refractivity contribution is 9.11. The zero-order valence-electron chi connectivity index (χ0n) is 14.5. The van der Waals surface area contributed by atoms with Crippen molar-refractivity contribution in [2.24, 2.45) is 5.10 Å². The van der Waals surface area contributed by atoms with Crippen molar-refractivity contribution in [3.63, 3.8) is 0 Å². The Morgan fingerprint density at radius 2 is 1.68 bits per heavy atom. The van der Waals surface area contributed by atoms with Crippen LogP contribution in [-0.4, -0.2) is 15.7 Å². The second-order valence-corrected chi connectivity index (χ2v) is 9.40. The lowest BCUT2D eigenvalue weighted by atomic mass is 9.96. The Morgan fingerprint density at radius 1 is 0.929 bits per heavy atom.